The lowest BCUT2D eigenvalue weighted by atomic mass is 10.4. The summed E-state index contributed by atoms with van der Waals surface area (Å²) >= 11 is 4.17. The van der Waals surface area contributed by atoms with Crippen molar-refractivity contribution in [2.45, 2.75) is 0 Å². The first-order chi connectivity index (χ1) is 5.79. The first kappa shape index (κ1) is 7.48. The number of aromatic amines is 1. The second kappa shape index (κ2) is 2.71. The van der Waals surface area contributed by atoms with E-state index in [1.54, 1.807) is 4.31 Å². The predicted molar refractivity (Wildman–Crippen MR) is 47.3 cm³/mol. The number of rotatable bonds is 0. The molecule has 2 N–H and O–H groups in total. The van der Waals surface area contributed by atoms with Gasteiger partial charge in [-0.15, -0.1) is 0 Å². The number of carbonyl (C=O) groups is 1. The highest BCUT2D eigenvalue weighted by atomic mass is 32.1. The molecule has 0 bridgehead atoms. The van der Waals surface area contributed by atoms with E-state index in [1.165, 1.54) is 6.33 Å². The van der Waals surface area contributed by atoms with Crippen LogP contribution in [0.1, 0.15) is 10.5 Å². The number of hydrogen-bond acceptors (Lipinski definition) is 4. The molecule has 5 nitrogen and oxygen atoms in total. The molecule has 0 aliphatic carbocycles. The van der Waals surface area contributed by atoms with Crippen molar-refractivity contribution >= 4 is 24.5 Å². The fourth-order valence-electron chi connectivity index (χ4n) is 1.12. The van der Waals surface area contributed by atoms with Gasteiger partial charge in [0.15, 0.2) is 5.82 Å². The van der Waals surface area contributed by atoms with Crippen LogP contribution in [-0.2, 0) is 0 Å². The first-order valence-electron chi connectivity index (χ1n) is 3.57. The number of nitrogens with one attached hydrogen (secondary N) is 2. The number of H-pyrrole nitrogens is 1. The zero-order chi connectivity index (χ0) is 8.55. The highest BCUT2D eigenvalue weighted by Crippen LogP contribution is 2.18. The van der Waals surface area contributed by atoms with Crippen molar-refractivity contribution in [3.05, 3.63) is 12.0 Å². The van der Waals surface area contributed by atoms with Gasteiger partial charge < -0.3 is 10.3 Å². The molecule has 2 heterocycles. The van der Waals surface area contributed by atoms with Crippen LogP contribution < -0.4 is 9.62 Å². The average Bonchev–Trinajstić information content (AvgIpc) is 2.47. The summed E-state index contributed by atoms with van der Waals surface area (Å²) in [6, 6.07) is 0. The Balaban J connectivity index is 2.45. The smallest absolute Gasteiger partial charge is 0.271 e. The number of imidazole rings is 1. The summed E-state index contributed by atoms with van der Waals surface area (Å²) in [4.78, 5) is 18.0. The number of fused-ring (bicyclic) bond motifs is 1. The molecule has 0 unspecified atom stereocenters. The van der Waals surface area contributed by atoms with Crippen LogP contribution in [0.2, 0.25) is 0 Å². The lowest BCUT2D eigenvalue weighted by Crippen LogP contribution is -2.26. The van der Waals surface area contributed by atoms with Crippen LogP contribution in [0, 0.1) is 0 Å². The van der Waals surface area contributed by atoms with Crippen molar-refractivity contribution in [2.24, 2.45) is 0 Å². The monoisotopic (exact) mass is 184 g/mol. The SMILES string of the molecule is O=C1NCCN(S)c2nc[nH]c21. The second-order valence-electron chi connectivity index (χ2n) is 2.48. The number of thiol groups is 1. The zero-order valence-electron chi connectivity index (χ0n) is 6.24. The molecular formula is C6H8N4OS. The van der Waals surface area contributed by atoms with E-state index in [4.69, 9.17) is 0 Å². The Bertz CT molecular complexity index is 310. The van der Waals surface area contributed by atoms with Crippen molar-refractivity contribution < 1.29 is 4.79 Å². The van der Waals surface area contributed by atoms with Gasteiger partial charge in [-0.05, 0) is 0 Å². The maximum atomic E-state index is 11.3. The Kier molecular flexibility index (Phi) is 1.69. The minimum atomic E-state index is -0.126. The summed E-state index contributed by atoms with van der Waals surface area (Å²) in [5.74, 6) is 0.465. The minimum Gasteiger partial charge on any atom is -0.349 e. The summed E-state index contributed by atoms with van der Waals surface area (Å²) in [5, 5.41) is 2.72. The van der Waals surface area contributed by atoms with Gasteiger partial charge in [0.05, 0.1) is 6.33 Å². The molecule has 12 heavy (non-hydrogen) atoms. The fourth-order valence-corrected chi connectivity index (χ4v) is 1.37. The van der Waals surface area contributed by atoms with Crippen LogP contribution in [0.3, 0.4) is 0 Å². The third-order valence-corrected chi connectivity index (χ3v) is 2.09. The highest BCUT2D eigenvalue weighted by molar-refractivity contribution is 7.81. The first-order valence-corrected chi connectivity index (χ1v) is 3.97. The Morgan fingerprint density at radius 2 is 2.50 bits per heavy atom. The van der Waals surface area contributed by atoms with Crippen molar-refractivity contribution in [3.63, 3.8) is 0 Å². The van der Waals surface area contributed by atoms with Gasteiger partial charge in [0.25, 0.3) is 5.91 Å². The molecule has 0 atom stereocenters. The quantitative estimate of drug-likeness (QED) is 0.489. The molecule has 1 aliphatic rings. The van der Waals surface area contributed by atoms with Crippen LogP contribution in [0.15, 0.2) is 6.33 Å². The molecule has 0 saturated carbocycles. The van der Waals surface area contributed by atoms with Crippen molar-refractivity contribution in [2.75, 3.05) is 17.4 Å². The molecule has 0 radical (unpaired) electrons. The second-order valence-corrected chi connectivity index (χ2v) is 2.96. The van der Waals surface area contributed by atoms with Gasteiger partial charge in [0.1, 0.15) is 5.69 Å². The Morgan fingerprint density at radius 3 is 3.33 bits per heavy atom. The Labute approximate surface area is 74.7 Å². The Hall–Kier alpha value is -1.17. The van der Waals surface area contributed by atoms with Crippen molar-refractivity contribution in [1.82, 2.24) is 15.3 Å². The molecule has 0 spiro atoms. The van der Waals surface area contributed by atoms with Crippen molar-refractivity contribution in [1.29, 1.82) is 0 Å². The number of amides is 1. The van der Waals surface area contributed by atoms with E-state index in [1.807, 2.05) is 0 Å². The number of aromatic nitrogens is 2. The standard InChI is InChI=1S/C6H8N4OS/c11-6-4-5(9-3-8-4)10(12)2-1-7-6/h3,12H,1-2H2,(H,7,11)(H,8,9). The van der Waals surface area contributed by atoms with E-state index in [9.17, 15) is 4.79 Å². The minimum absolute atomic E-state index is 0.126. The van der Waals surface area contributed by atoms with E-state index in [0.717, 1.165) is 0 Å². The van der Waals surface area contributed by atoms with Gasteiger partial charge in [-0.1, -0.05) is 12.8 Å². The highest BCUT2D eigenvalue weighted by Gasteiger charge is 2.20. The predicted octanol–water partition coefficient (Wildman–Crippen LogP) is -0.196. The number of hydrogen-bond donors (Lipinski definition) is 3. The molecule has 64 valence electrons. The lowest BCUT2D eigenvalue weighted by Gasteiger charge is -2.10. The number of carbonyl (C=O) groups excluding carboxylic acids is 1. The third kappa shape index (κ3) is 1.04. The summed E-state index contributed by atoms with van der Waals surface area (Å²) in [7, 11) is 0. The van der Waals surface area contributed by atoms with Crippen LogP contribution in [0.4, 0.5) is 5.82 Å². The van der Waals surface area contributed by atoms with Crippen molar-refractivity contribution in [3.8, 4) is 0 Å². The van der Waals surface area contributed by atoms with Gasteiger partial charge in [0, 0.05) is 13.1 Å². The molecule has 1 aliphatic heterocycles. The third-order valence-electron chi connectivity index (χ3n) is 1.70. The topological polar surface area (TPSA) is 61.0 Å². The van der Waals surface area contributed by atoms with E-state index in [0.29, 0.717) is 24.6 Å². The molecule has 1 amide bonds. The van der Waals surface area contributed by atoms with Crippen LogP contribution in [-0.4, -0.2) is 29.0 Å². The zero-order valence-corrected chi connectivity index (χ0v) is 7.14. The number of nitrogens with zero attached hydrogens (tertiary/aromatic N) is 2. The molecule has 0 fully saturated rings. The molecule has 0 saturated heterocycles. The van der Waals surface area contributed by atoms with E-state index in [2.05, 4.69) is 28.1 Å². The summed E-state index contributed by atoms with van der Waals surface area (Å²) in [5.41, 5.74) is 0.475. The average molecular weight is 184 g/mol. The van der Waals surface area contributed by atoms with Gasteiger partial charge in [-0.3, -0.25) is 9.10 Å². The molecular weight excluding hydrogens is 176 g/mol. The van der Waals surface area contributed by atoms with E-state index >= 15 is 0 Å². The van der Waals surface area contributed by atoms with Crippen LogP contribution in [0.25, 0.3) is 0 Å². The normalized spacial score (nSPS) is 16.8. The fraction of sp³-hybridized carbons (Fsp3) is 0.333. The molecule has 0 aromatic carbocycles. The van der Waals surface area contributed by atoms with E-state index in [-0.39, 0.29) is 5.91 Å². The van der Waals surface area contributed by atoms with Crippen LogP contribution >= 0.6 is 12.8 Å². The van der Waals surface area contributed by atoms with Gasteiger partial charge in [-0.25, -0.2) is 4.98 Å². The largest absolute Gasteiger partial charge is 0.349 e. The Morgan fingerprint density at radius 1 is 1.67 bits per heavy atom. The molecule has 2 rings (SSSR count). The van der Waals surface area contributed by atoms with E-state index < -0.39 is 0 Å². The lowest BCUT2D eigenvalue weighted by molar-refractivity contribution is 0.0953. The summed E-state index contributed by atoms with van der Waals surface area (Å²) < 4.78 is 1.64. The van der Waals surface area contributed by atoms with Gasteiger partial charge in [0.2, 0.25) is 0 Å². The molecule has 1 aromatic rings. The molecule has 1 aromatic heterocycles. The number of anilines is 1. The van der Waals surface area contributed by atoms with Gasteiger partial charge in [-0.2, -0.15) is 0 Å². The summed E-state index contributed by atoms with van der Waals surface area (Å²) in [6.07, 6.45) is 1.48. The van der Waals surface area contributed by atoms with Gasteiger partial charge >= 0.3 is 0 Å². The van der Waals surface area contributed by atoms with Crippen LogP contribution in [0.5, 0.6) is 0 Å². The maximum absolute atomic E-state index is 11.3. The maximum Gasteiger partial charge on any atom is 0.271 e. The molecule has 6 heteroatoms. The summed E-state index contributed by atoms with van der Waals surface area (Å²) in [6.45, 7) is 1.25.